The number of hydrogen-bond donors (Lipinski definition) is 2. The Morgan fingerprint density at radius 2 is 1.83 bits per heavy atom. The molecule has 0 saturated carbocycles. The predicted molar refractivity (Wildman–Crippen MR) is 96.1 cm³/mol. The first kappa shape index (κ1) is 14.5. The lowest BCUT2D eigenvalue weighted by atomic mass is 10.1. The molecule has 2 heterocycles. The van der Waals surface area contributed by atoms with Gasteiger partial charge in [0.1, 0.15) is 5.69 Å². The summed E-state index contributed by atoms with van der Waals surface area (Å²) in [7, 11) is 0. The number of amides is 1. The van der Waals surface area contributed by atoms with Crippen LogP contribution in [0.5, 0.6) is 0 Å². The number of H-pyrrole nitrogens is 1. The molecule has 0 aliphatic carbocycles. The number of benzene rings is 2. The van der Waals surface area contributed by atoms with Crippen molar-refractivity contribution in [2.24, 2.45) is 0 Å². The van der Waals surface area contributed by atoms with Crippen molar-refractivity contribution in [3.8, 4) is 0 Å². The number of para-hydroxylation sites is 2. The van der Waals surface area contributed by atoms with Gasteiger partial charge in [-0.15, -0.1) is 0 Å². The zero-order valence-electron chi connectivity index (χ0n) is 13.1. The molecule has 4 heteroatoms. The molecule has 4 aromatic rings. The Labute approximate surface area is 139 Å². The van der Waals surface area contributed by atoms with Crippen LogP contribution in [0.4, 0.5) is 0 Å². The third kappa shape index (κ3) is 2.74. The lowest BCUT2D eigenvalue weighted by molar-refractivity contribution is 0.0949. The number of aromatic nitrogens is 2. The van der Waals surface area contributed by atoms with E-state index < -0.39 is 0 Å². The van der Waals surface area contributed by atoms with Gasteiger partial charge in [-0.2, -0.15) is 0 Å². The molecule has 1 amide bonds. The molecule has 0 fully saturated rings. The van der Waals surface area contributed by atoms with E-state index in [-0.39, 0.29) is 5.91 Å². The van der Waals surface area contributed by atoms with Gasteiger partial charge < -0.3 is 10.3 Å². The molecular formula is C20H17N3O. The topological polar surface area (TPSA) is 57.8 Å². The fourth-order valence-electron chi connectivity index (χ4n) is 2.93. The minimum atomic E-state index is -0.138. The summed E-state index contributed by atoms with van der Waals surface area (Å²) < 4.78 is 0. The maximum Gasteiger partial charge on any atom is 0.269 e. The van der Waals surface area contributed by atoms with Crippen LogP contribution < -0.4 is 5.32 Å². The second-order valence-electron chi connectivity index (χ2n) is 5.75. The van der Waals surface area contributed by atoms with Crippen LogP contribution in [0, 0.1) is 0 Å². The van der Waals surface area contributed by atoms with Crippen molar-refractivity contribution in [2.75, 3.05) is 6.54 Å². The third-order valence-corrected chi connectivity index (χ3v) is 4.19. The van der Waals surface area contributed by atoms with Crippen molar-refractivity contribution in [1.29, 1.82) is 0 Å². The van der Waals surface area contributed by atoms with E-state index in [1.807, 2.05) is 48.7 Å². The van der Waals surface area contributed by atoms with Crippen LogP contribution in [0.15, 0.2) is 66.9 Å². The zero-order chi connectivity index (χ0) is 16.4. The van der Waals surface area contributed by atoms with Crippen LogP contribution in [-0.4, -0.2) is 22.4 Å². The van der Waals surface area contributed by atoms with Crippen LogP contribution in [-0.2, 0) is 6.42 Å². The summed E-state index contributed by atoms with van der Waals surface area (Å²) in [6.07, 6.45) is 2.79. The fourth-order valence-corrected chi connectivity index (χ4v) is 2.93. The fraction of sp³-hybridized carbons (Fsp3) is 0.100. The normalized spacial score (nSPS) is 11.0. The number of hydrogen-bond acceptors (Lipinski definition) is 2. The van der Waals surface area contributed by atoms with Gasteiger partial charge in [-0.25, -0.2) is 4.98 Å². The molecule has 0 unspecified atom stereocenters. The maximum atomic E-state index is 12.3. The molecular weight excluding hydrogens is 298 g/mol. The van der Waals surface area contributed by atoms with Gasteiger partial charge in [0, 0.05) is 29.0 Å². The molecule has 24 heavy (non-hydrogen) atoms. The summed E-state index contributed by atoms with van der Waals surface area (Å²) in [6.45, 7) is 0.579. The summed E-state index contributed by atoms with van der Waals surface area (Å²) in [4.78, 5) is 20.0. The molecule has 2 aromatic heterocycles. The molecule has 0 radical (unpaired) electrons. The summed E-state index contributed by atoms with van der Waals surface area (Å²) in [5.74, 6) is -0.138. The minimum Gasteiger partial charge on any atom is -0.361 e. The maximum absolute atomic E-state index is 12.3. The molecule has 2 N–H and O–H groups in total. The quantitative estimate of drug-likeness (QED) is 0.603. The summed E-state index contributed by atoms with van der Waals surface area (Å²) in [5.41, 5.74) is 3.61. The standard InChI is InChI=1S/C20H17N3O/c24-20(19-10-9-14-5-1-3-7-17(14)23-19)21-12-11-15-13-22-18-8-4-2-6-16(15)18/h1-10,13,22H,11-12H2,(H,21,24). The van der Waals surface area contributed by atoms with Crippen molar-refractivity contribution >= 4 is 27.7 Å². The third-order valence-electron chi connectivity index (χ3n) is 4.19. The Morgan fingerprint density at radius 1 is 1.00 bits per heavy atom. The molecule has 0 aliphatic heterocycles. The number of fused-ring (bicyclic) bond motifs is 2. The van der Waals surface area contributed by atoms with Crippen LogP contribution in [0.1, 0.15) is 16.1 Å². The van der Waals surface area contributed by atoms with E-state index in [0.29, 0.717) is 12.2 Å². The van der Waals surface area contributed by atoms with Gasteiger partial charge in [0.2, 0.25) is 0 Å². The number of nitrogens with zero attached hydrogens (tertiary/aromatic N) is 1. The van der Waals surface area contributed by atoms with E-state index >= 15 is 0 Å². The van der Waals surface area contributed by atoms with E-state index in [0.717, 1.165) is 22.8 Å². The number of carbonyl (C=O) groups is 1. The smallest absolute Gasteiger partial charge is 0.269 e. The average Bonchev–Trinajstić information content (AvgIpc) is 3.04. The Bertz CT molecular complexity index is 1020. The van der Waals surface area contributed by atoms with Gasteiger partial charge in [0.15, 0.2) is 0 Å². The van der Waals surface area contributed by atoms with Crippen LogP contribution >= 0.6 is 0 Å². The van der Waals surface area contributed by atoms with Crippen molar-refractivity contribution < 1.29 is 4.79 Å². The van der Waals surface area contributed by atoms with E-state index in [9.17, 15) is 4.79 Å². The van der Waals surface area contributed by atoms with Gasteiger partial charge in [0.05, 0.1) is 5.52 Å². The Morgan fingerprint density at radius 3 is 2.79 bits per heavy atom. The molecule has 0 bridgehead atoms. The van der Waals surface area contributed by atoms with Crippen molar-refractivity contribution in [1.82, 2.24) is 15.3 Å². The molecule has 0 aliphatic rings. The van der Waals surface area contributed by atoms with Gasteiger partial charge in [-0.05, 0) is 30.2 Å². The number of pyridine rings is 1. The van der Waals surface area contributed by atoms with Crippen LogP contribution in [0.2, 0.25) is 0 Å². The van der Waals surface area contributed by atoms with Crippen molar-refractivity contribution in [3.05, 3.63) is 78.1 Å². The number of carbonyl (C=O) groups excluding carboxylic acids is 1. The highest BCUT2D eigenvalue weighted by Gasteiger charge is 2.08. The highest BCUT2D eigenvalue weighted by atomic mass is 16.1. The highest BCUT2D eigenvalue weighted by Crippen LogP contribution is 2.17. The average molecular weight is 315 g/mol. The van der Waals surface area contributed by atoms with E-state index in [4.69, 9.17) is 0 Å². The monoisotopic (exact) mass is 315 g/mol. The summed E-state index contributed by atoms with van der Waals surface area (Å²) >= 11 is 0. The number of aromatic amines is 1. The number of rotatable bonds is 4. The molecule has 118 valence electrons. The predicted octanol–water partition coefficient (Wildman–Crippen LogP) is 3.69. The van der Waals surface area contributed by atoms with Crippen LogP contribution in [0.25, 0.3) is 21.8 Å². The van der Waals surface area contributed by atoms with E-state index in [1.165, 1.54) is 10.9 Å². The highest BCUT2D eigenvalue weighted by molar-refractivity contribution is 5.94. The first-order chi connectivity index (χ1) is 11.8. The zero-order valence-corrected chi connectivity index (χ0v) is 13.1. The lowest BCUT2D eigenvalue weighted by Crippen LogP contribution is -2.26. The first-order valence-corrected chi connectivity index (χ1v) is 8.00. The Hall–Kier alpha value is -3.14. The molecule has 0 spiro atoms. The molecule has 4 rings (SSSR count). The molecule has 4 nitrogen and oxygen atoms in total. The molecule has 0 saturated heterocycles. The largest absolute Gasteiger partial charge is 0.361 e. The van der Waals surface area contributed by atoms with E-state index in [1.54, 1.807) is 6.07 Å². The van der Waals surface area contributed by atoms with Crippen LogP contribution in [0.3, 0.4) is 0 Å². The van der Waals surface area contributed by atoms with Gasteiger partial charge >= 0.3 is 0 Å². The molecule has 2 aromatic carbocycles. The van der Waals surface area contributed by atoms with E-state index in [2.05, 4.69) is 27.4 Å². The second kappa shape index (κ2) is 6.16. The Balaban J connectivity index is 1.44. The first-order valence-electron chi connectivity index (χ1n) is 8.00. The minimum absolute atomic E-state index is 0.138. The second-order valence-corrected chi connectivity index (χ2v) is 5.75. The molecule has 0 atom stereocenters. The number of nitrogens with one attached hydrogen (secondary N) is 2. The van der Waals surface area contributed by atoms with Crippen molar-refractivity contribution in [2.45, 2.75) is 6.42 Å². The Kier molecular flexibility index (Phi) is 3.71. The van der Waals surface area contributed by atoms with Gasteiger partial charge in [-0.1, -0.05) is 42.5 Å². The summed E-state index contributed by atoms with van der Waals surface area (Å²) in [6, 6.07) is 19.7. The van der Waals surface area contributed by atoms with Gasteiger partial charge in [-0.3, -0.25) is 4.79 Å². The van der Waals surface area contributed by atoms with Gasteiger partial charge in [0.25, 0.3) is 5.91 Å². The SMILES string of the molecule is O=C(NCCc1c[nH]c2ccccc12)c1ccc2ccccc2n1. The summed E-state index contributed by atoms with van der Waals surface area (Å²) in [5, 5.41) is 5.19. The lowest BCUT2D eigenvalue weighted by Gasteiger charge is -2.05. The van der Waals surface area contributed by atoms with Crippen molar-refractivity contribution in [3.63, 3.8) is 0 Å².